The second kappa shape index (κ2) is 7.50. The Kier molecular flexibility index (Phi) is 5.17. The number of ether oxygens (including phenoxy) is 2. The van der Waals surface area contributed by atoms with E-state index in [2.05, 4.69) is 18.2 Å². The fraction of sp³-hybridized carbons (Fsp3) is 0.474. The summed E-state index contributed by atoms with van der Waals surface area (Å²) < 4.78 is 10.3. The third-order valence-electron chi connectivity index (χ3n) is 4.80. The molecule has 2 fully saturated rings. The summed E-state index contributed by atoms with van der Waals surface area (Å²) in [5, 5.41) is 8.73. The van der Waals surface area contributed by atoms with Crippen molar-refractivity contribution >= 4 is 11.8 Å². The molecule has 5 nitrogen and oxygen atoms in total. The number of cyclic esters (lactones) is 1. The Bertz CT molecular complexity index is 650. The maximum absolute atomic E-state index is 12.0. The maximum atomic E-state index is 12.0. The molecule has 1 atom stereocenters. The number of carbonyl (C=O) groups is 1. The van der Waals surface area contributed by atoms with Gasteiger partial charge in [0.15, 0.2) is 0 Å². The van der Waals surface area contributed by atoms with Crippen molar-refractivity contribution in [3.63, 3.8) is 0 Å². The number of carbonyl (C=O) groups excluding carboxylic acids is 1. The SMILES string of the molecule is COC[C@H]1CN(c2ccc(C3CCC(=CC#N)CC3)cc2)C(=O)O1. The van der Waals surface area contributed by atoms with Crippen LogP contribution in [0.15, 0.2) is 35.9 Å². The van der Waals surface area contributed by atoms with Crippen molar-refractivity contribution in [2.24, 2.45) is 0 Å². The van der Waals surface area contributed by atoms with Crippen LogP contribution < -0.4 is 4.90 Å². The van der Waals surface area contributed by atoms with E-state index in [1.54, 1.807) is 18.1 Å². The van der Waals surface area contributed by atoms with Crippen LogP contribution in [0, 0.1) is 11.3 Å². The highest BCUT2D eigenvalue weighted by Crippen LogP contribution is 2.36. The van der Waals surface area contributed by atoms with E-state index in [0.717, 1.165) is 31.4 Å². The van der Waals surface area contributed by atoms with Crippen LogP contribution in [0.3, 0.4) is 0 Å². The topological polar surface area (TPSA) is 62.6 Å². The third-order valence-corrected chi connectivity index (χ3v) is 4.80. The second-order valence-corrected chi connectivity index (χ2v) is 6.37. The van der Waals surface area contributed by atoms with Gasteiger partial charge in [-0.2, -0.15) is 5.26 Å². The van der Waals surface area contributed by atoms with E-state index in [9.17, 15) is 4.79 Å². The zero-order chi connectivity index (χ0) is 16.9. The molecule has 1 saturated carbocycles. The molecule has 0 spiro atoms. The number of amides is 1. The minimum absolute atomic E-state index is 0.203. The molecule has 3 rings (SSSR count). The largest absolute Gasteiger partial charge is 0.441 e. The van der Waals surface area contributed by atoms with Gasteiger partial charge in [-0.25, -0.2) is 4.79 Å². The van der Waals surface area contributed by atoms with Crippen molar-refractivity contribution in [2.45, 2.75) is 37.7 Å². The number of rotatable bonds is 4. The van der Waals surface area contributed by atoms with E-state index in [1.807, 2.05) is 12.1 Å². The van der Waals surface area contributed by atoms with E-state index in [1.165, 1.54) is 11.1 Å². The van der Waals surface area contributed by atoms with Gasteiger partial charge in [0.2, 0.25) is 0 Å². The van der Waals surface area contributed by atoms with Gasteiger partial charge in [-0.1, -0.05) is 17.7 Å². The van der Waals surface area contributed by atoms with Crippen LogP contribution >= 0.6 is 0 Å². The van der Waals surface area contributed by atoms with Crippen LogP contribution in [0.2, 0.25) is 0 Å². The number of hydrogen-bond acceptors (Lipinski definition) is 4. The summed E-state index contributed by atoms with van der Waals surface area (Å²) in [5.74, 6) is 0.529. The molecule has 5 heteroatoms. The van der Waals surface area contributed by atoms with Crippen molar-refractivity contribution in [2.75, 3.05) is 25.2 Å². The summed E-state index contributed by atoms with van der Waals surface area (Å²) in [5.41, 5.74) is 3.42. The lowest BCUT2D eigenvalue weighted by molar-refractivity contribution is 0.0718. The minimum Gasteiger partial charge on any atom is -0.441 e. The van der Waals surface area contributed by atoms with Crippen LogP contribution in [-0.2, 0) is 9.47 Å². The molecule has 1 aromatic rings. The van der Waals surface area contributed by atoms with Crippen molar-refractivity contribution in [1.29, 1.82) is 5.26 Å². The zero-order valence-electron chi connectivity index (χ0n) is 13.9. The van der Waals surface area contributed by atoms with Gasteiger partial charge in [-0.3, -0.25) is 4.90 Å². The van der Waals surface area contributed by atoms with Crippen molar-refractivity contribution < 1.29 is 14.3 Å². The second-order valence-electron chi connectivity index (χ2n) is 6.37. The molecule has 1 aliphatic heterocycles. The lowest BCUT2D eigenvalue weighted by Gasteiger charge is -2.24. The number of nitrogens with zero attached hydrogens (tertiary/aromatic N) is 2. The number of benzene rings is 1. The number of nitriles is 1. The molecule has 1 heterocycles. The van der Waals surface area contributed by atoms with Gasteiger partial charge < -0.3 is 9.47 Å². The summed E-state index contributed by atoms with van der Waals surface area (Å²) >= 11 is 0. The van der Waals surface area contributed by atoms with Gasteiger partial charge in [0.1, 0.15) is 6.10 Å². The Balaban J connectivity index is 1.63. The lowest BCUT2D eigenvalue weighted by Crippen LogP contribution is -2.25. The zero-order valence-corrected chi connectivity index (χ0v) is 13.9. The summed E-state index contributed by atoms with van der Waals surface area (Å²) in [6.45, 7) is 0.943. The van der Waals surface area contributed by atoms with Gasteiger partial charge >= 0.3 is 6.09 Å². The first-order valence-electron chi connectivity index (χ1n) is 8.36. The molecule has 0 N–H and O–H groups in total. The van der Waals surface area contributed by atoms with E-state index in [0.29, 0.717) is 19.1 Å². The smallest absolute Gasteiger partial charge is 0.414 e. The molecule has 1 aliphatic carbocycles. The van der Waals surface area contributed by atoms with E-state index in [4.69, 9.17) is 14.7 Å². The monoisotopic (exact) mass is 326 g/mol. The van der Waals surface area contributed by atoms with Crippen LogP contribution in [0.5, 0.6) is 0 Å². The molecular formula is C19H22N2O3. The molecule has 0 aromatic heterocycles. The van der Waals surface area contributed by atoms with Crippen LogP contribution in [-0.4, -0.2) is 32.5 Å². The van der Waals surface area contributed by atoms with E-state index in [-0.39, 0.29) is 12.2 Å². The van der Waals surface area contributed by atoms with Crippen molar-refractivity contribution in [3.05, 3.63) is 41.5 Å². The Morgan fingerprint density at radius 1 is 1.33 bits per heavy atom. The Hall–Kier alpha value is -2.32. The number of hydrogen-bond donors (Lipinski definition) is 0. The van der Waals surface area contributed by atoms with Crippen LogP contribution in [0.4, 0.5) is 10.5 Å². The molecular weight excluding hydrogens is 304 g/mol. The average molecular weight is 326 g/mol. The lowest BCUT2D eigenvalue weighted by atomic mass is 9.81. The Labute approximate surface area is 142 Å². The summed E-state index contributed by atoms with van der Waals surface area (Å²) in [7, 11) is 1.60. The fourth-order valence-corrected chi connectivity index (χ4v) is 3.49. The molecule has 1 aromatic carbocycles. The predicted octanol–water partition coefficient (Wildman–Crippen LogP) is 3.77. The summed E-state index contributed by atoms with van der Waals surface area (Å²) in [6, 6.07) is 10.3. The highest BCUT2D eigenvalue weighted by molar-refractivity contribution is 5.89. The highest BCUT2D eigenvalue weighted by atomic mass is 16.6. The number of allylic oxidation sites excluding steroid dienone is 2. The molecule has 126 valence electrons. The van der Waals surface area contributed by atoms with Gasteiger partial charge in [0.05, 0.1) is 19.2 Å². The molecule has 0 unspecified atom stereocenters. The molecule has 1 saturated heterocycles. The molecule has 2 aliphatic rings. The minimum atomic E-state index is -0.311. The fourth-order valence-electron chi connectivity index (χ4n) is 3.49. The molecule has 1 amide bonds. The predicted molar refractivity (Wildman–Crippen MR) is 90.8 cm³/mol. The maximum Gasteiger partial charge on any atom is 0.414 e. The van der Waals surface area contributed by atoms with Gasteiger partial charge in [-0.15, -0.1) is 0 Å². The number of methoxy groups -OCH3 is 1. The van der Waals surface area contributed by atoms with Gasteiger partial charge in [-0.05, 0) is 49.3 Å². The summed E-state index contributed by atoms with van der Waals surface area (Å²) in [4.78, 5) is 13.6. The number of anilines is 1. The standard InChI is InChI=1S/C19H22N2O3/c1-23-13-18-12-21(19(22)24-18)17-8-6-16(7-9-17)15-4-2-14(3-5-15)10-11-20/h6-10,15,18H,2-5,12-13H2,1H3/t15?,18-/m1/s1. The highest BCUT2D eigenvalue weighted by Gasteiger charge is 2.32. The molecule has 0 radical (unpaired) electrons. The first-order chi connectivity index (χ1) is 11.7. The van der Waals surface area contributed by atoms with E-state index >= 15 is 0 Å². The van der Waals surface area contributed by atoms with Crippen LogP contribution in [0.25, 0.3) is 0 Å². The normalized spacial score (nSPS) is 23.8. The Morgan fingerprint density at radius 2 is 2.04 bits per heavy atom. The van der Waals surface area contributed by atoms with Crippen molar-refractivity contribution in [3.8, 4) is 6.07 Å². The van der Waals surface area contributed by atoms with Gasteiger partial charge in [0.25, 0.3) is 0 Å². The average Bonchev–Trinajstić information content (AvgIpc) is 2.97. The molecule has 24 heavy (non-hydrogen) atoms. The van der Waals surface area contributed by atoms with E-state index < -0.39 is 0 Å². The summed E-state index contributed by atoms with van der Waals surface area (Å²) in [6.07, 6.45) is 5.33. The van der Waals surface area contributed by atoms with Crippen molar-refractivity contribution in [1.82, 2.24) is 0 Å². The first kappa shape index (κ1) is 16.5. The first-order valence-corrected chi connectivity index (χ1v) is 8.36. The molecule has 0 bridgehead atoms. The van der Waals surface area contributed by atoms with Crippen LogP contribution in [0.1, 0.15) is 37.2 Å². The quantitative estimate of drug-likeness (QED) is 0.790. The Morgan fingerprint density at radius 3 is 2.67 bits per heavy atom. The van der Waals surface area contributed by atoms with Gasteiger partial charge in [0, 0.05) is 18.9 Å². The third kappa shape index (κ3) is 3.60.